The van der Waals surface area contributed by atoms with E-state index in [2.05, 4.69) is 15.2 Å². The number of amides is 1. The third-order valence-corrected chi connectivity index (χ3v) is 4.78. The fourth-order valence-corrected chi connectivity index (χ4v) is 3.21. The molecule has 0 aliphatic carbocycles. The van der Waals surface area contributed by atoms with Gasteiger partial charge >= 0.3 is 0 Å². The van der Waals surface area contributed by atoms with Crippen LogP contribution in [0.3, 0.4) is 0 Å². The van der Waals surface area contributed by atoms with Gasteiger partial charge in [-0.05, 0) is 49.6 Å². The molecule has 27 heavy (non-hydrogen) atoms. The molecule has 1 aromatic carbocycles. The molecule has 1 amide bonds. The number of methoxy groups -OCH3 is 1. The van der Waals surface area contributed by atoms with Gasteiger partial charge in [-0.3, -0.25) is 4.79 Å². The Kier molecular flexibility index (Phi) is 6.29. The minimum absolute atomic E-state index is 0.00191. The molecule has 144 valence electrons. The molecular formula is C21H27N3O3. The Morgan fingerprint density at radius 1 is 1.22 bits per heavy atom. The summed E-state index contributed by atoms with van der Waals surface area (Å²) < 4.78 is 10.6. The Morgan fingerprint density at radius 2 is 1.93 bits per heavy atom. The number of benzene rings is 1. The largest absolute Gasteiger partial charge is 0.497 e. The van der Waals surface area contributed by atoms with Gasteiger partial charge in [-0.1, -0.05) is 12.1 Å². The first-order valence-electron chi connectivity index (χ1n) is 9.30. The minimum atomic E-state index is -0.00191. The molecule has 0 unspecified atom stereocenters. The van der Waals surface area contributed by atoms with Gasteiger partial charge in [0.05, 0.1) is 31.7 Å². The van der Waals surface area contributed by atoms with E-state index in [1.807, 2.05) is 44.2 Å². The number of morpholine rings is 1. The summed E-state index contributed by atoms with van der Waals surface area (Å²) in [5.41, 5.74) is 3.79. The van der Waals surface area contributed by atoms with Crippen LogP contribution >= 0.6 is 0 Å². The number of carbonyl (C=O) groups excluding carboxylic acids is 1. The van der Waals surface area contributed by atoms with Crippen LogP contribution in [0, 0.1) is 13.8 Å². The van der Waals surface area contributed by atoms with E-state index in [9.17, 15) is 4.79 Å². The predicted molar refractivity (Wildman–Crippen MR) is 107 cm³/mol. The van der Waals surface area contributed by atoms with Gasteiger partial charge in [0.2, 0.25) is 5.91 Å². The van der Waals surface area contributed by atoms with Gasteiger partial charge in [0.15, 0.2) is 0 Å². The summed E-state index contributed by atoms with van der Waals surface area (Å²) in [5, 5.41) is 3.03. The molecule has 1 fully saturated rings. The van der Waals surface area contributed by atoms with E-state index >= 15 is 0 Å². The highest BCUT2D eigenvalue weighted by Crippen LogP contribution is 2.25. The van der Waals surface area contributed by atoms with Crippen molar-refractivity contribution in [1.29, 1.82) is 0 Å². The Balaban J connectivity index is 1.61. The van der Waals surface area contributed by atoms with Crippen LogP contribution in [-0.2, 0) is 16.0 Å². The van der Waals surface area contributed by atoms with E-state index in [1.54, 1.807) is 7.11 Å². The highest BCUT2D eigenvalue weighted by atomic mass is 16.5. The van der Waals surface area contributed by atoms with Gasteiger partial charge in [-0.2, -0.15) is 0 Å². The molecule has 2 heterocycles. The zero-order valence-corrected chi connectivity index (χ0v) is 16.2. The molecule has 1 saturated heterocycles. The molecule has 0 bridgehead atoms. The number of hydrogen-bond donors (Lipinski definition) is 1. The summed E-state index contributed by atoms with van der Waals surface area (Å²) in [7, 11) is 1.64. The molecule has 0 saturated carbocycles. The molecule has 0 atom stereocenters. The molecule has 0 radical (unpaired) electrons. The molecule has 1 aliphatic rings. The lowest BCUT2D eigenvalue weighted by Crippen LogP contribution is -2.37. The third kappa shape index (κ3) is 4.98. The lowest BCUT2D eigenvalue weighted by atomic mass is 10.1. The van der Waals surface area contributed by atoms with Crippen molar-refractivity contribution in [2.24, 2.45) is 0 Å². The van der Waals surface area contributed by atoms with Gasteiger partial charge in [-0.25, -0.2) is 4.98 Å². The number of nitrogens with zero attached hydrogens (tertiary/aromatic N) is 2. The molecule has 1 aliphatic heterocycles. The normalized spacial score (nSPS) is 14.1. The van der Waals surface area contributed by atoms with Gasteiger partial charge in [0.1, 0.15) is 11.6 Å². The van der Waals surface area contributed by atoms with Gasteiger partial charge < -0.3 is 19.7 Å². The number of ether oxygens (including phenoxy) is 2. The van der Waals surface area contributed by atoms with Crippen LogP contribution in [0.4, 0.5) is 11.5 Å². The maximum absolute atomic E-state index is 12.4. The van der Waals surface area contributed by atoms with Crippen LogP contribution in [0.5, 0.6) is 5.75 Å². The zero-order chi connectivity index (χ0) is 19.2. The maximum atomic E-state index is 12.4. The SMILES string of the molecule is COc1ccc(CCC(=O)Nc2c(C)cc(N3CCOCC3)nc2C)cc1. The van der Waals surface area contributed by atoms with Crippen molar-refractivity contribution >= 4 is 17.4 Å². The number of anilines is 2. The van der Waals surface area contributed by atoms with E-state index in [-0.39, 0.29) is 5.91 Å². The summed E-state index contributed by atoms with van der Waals surface area (Å²) in [4.78, 5) is 19.3. The first-order valence-corrected chi connectivity index (χ1v) is 9.30. The monoisotopic (exact) mass is 369 g/mol. The summed E-state index contributed by atoms with van der Waals surface area (Å²) >= 11 is 0. The van der Waals surface area contributed by atoms with Crippen LogP contribution in [0.15, 0.2) is 30.3 Å². The van der Waals surface area contributed by atoms with Crippen molar-refractivity contribution < 1.29 is 14.3 Å². The maximum Gasteiger partial charge on any atom is 0.224 e. The molecule has 1 N–H and O–H groups in total. The highest BCUT2D eigenvalue weighted by molar-refractivity contribution is 5.92. The second kappa shape index (κ2) is 8.86. The van der Waals surface area contributed by atoms with E-state index in [0.717, 1.165) is 60.4 Å². The van der Waals surface area contributed by atoms with Crippen LogP contribution in [0.2, 0.25) is 0 Å². The van der Waals surface area contributed by atoms with E-state index in [0.29, 0.717) is 12.8 Å². The van der Waals surface area contributed by atoms with Crippen molar-refractivity contribution in [3.63, 3.8) is 0 Å². The van der Waals surface area contributed by atoms with Crippen molar-refractivity contribution in [2.75, 3.05) is 43.6 Å². The Hall–Kier alpha value is -2.60. The van der Waals surface area contributed by atoms with Crippen LogP contribution in [0.25, 0.3) is 0 Å². The number of aromatic nitrogens is 1. The van der Waals surface area contributed by atoms with E-state index in [4.69, 9.17) is 9.47 Å². The van der Waals surface area contributed by atoms with Crippen molar-refractivity contribution in [3.05, 3.63) is 47.2 Å². The molecular weight excluding hydrogens is 342 g/mol. The topological polar surface area (TPSA) is 63.7 Å². The quantitative estimate of drug-likeness (QED) is 0.848. The second-order valence-electron chi connectivity index (χ2n) is 6.75. The first-order chi connectivity index (χ1) is 13.1. The molecule has 0 spiro atoms. The average Bonchev–Trinajstić information content (AvgIpc) is 2.70. The first kappa shape index (κ1) is 19.2. The number of carbonyl (C=O) groups is 1. The van der Waals surface area contributed by atoms with Crippen LogP contribution < -0.4 is 15.0 Å². The van der Waals surface area contributed by atoms with Crippen LogP contribution in [0.1, 0.15) is 23.2 Å². The number of aryl methyl sites for hydroxylation is 3. The summed E-state index contributed by atoms with van der Waals surface area (Å²) in [5.74, 6) is 1.77. The average molecular weight is 369 g/mol. The minimum Gasteiger partial charge on any atom is -0.497 e. The molecule has 2 aromatic rings. The summed E-state index contributed by atoms with van der Waals surface area (Å²) in [6.45, 7) is 7.10. The van der Waals surface area contributed by atoms with Crippen molar-refractivity contribution in [2.45, 2.75) is 26.7 Å². The van der Waals surface area contributed by atoms with Crippen molar-refractivity contribution in [1.82, 2.24) is 4.98 Å². The second-order valence-corrected chi connectivity index (χ2v) is 6.75. The molecule has 6 heteroatoms. The number of pyridine rings is 1. The fraction of sp³-hybridized carbons (Fsp3) is 0.429. The Labute approximate surface area is 160 Å². The standard InChI is InChI=1S/C21H27N3O3/c1-15-14-19(24-10-12-27-13-11-24)22-16(2)21(15)23-20(25)9-6-17-4-7-18(26-3)8-5-17/h4-5,7-8,14H,6,9-13H2,1-3H3,(H,23,25). The summed E-state index contributed by atoms with van der Waals surface area (Å²) in [6, 6.07) is 9.84. The van der Waals surface area contributed by atoms with Gasteiger partial charge in [0, 0.05) is 19.5 Å². The fourth-order valence-electron chi connectivity index (χ4n) is 3.21. The van der Waals surface area contributed by atoms with Crippen molar-refractivity contribution in [3.8, 4) is 5.75 Å². The molecule has 3 rings (SSSR count). The van der Waals surface area contributed by atoms with Gasteiger partial charge in [0.25, 0.3) is 0 Å². The lowest BCUT2D eigenvalue weighted by Gasteiger charge is -2.28. The van der Waals surface area contributed by atoms with Gasteiger partial charge in [-0.15, -0.1) is 0 Å². The Bertz CT molecular complexity index is 761. The van der Waals surface area contributed by atoms with E-state index < -0.39 is 0 Å². The Morgan fingerprint density at radius 3 is 2.56 bits per heavy atom. The van der Waals surface area contributed by atoms with E-state index in [1.165, 1.54) is 0 Å². The molecule has 6 nitrogen and oxygen atoms in total. The highest BCUT2D eigenvalue weighted by Gasteiger charge is 2.16. The number of nitrogens with one attached hydrogen (secondary N) is 1. The lowest BCUT2D eigenvalue weighted by molar-refractivity contribution is -0.116. The zero-order valence-electron chi connectivity index (χ0n) is 16.2. The van der Waals surface area contributed by atoms with Crippen LogP contribution in [-0.4, -0.2) is 44.3 Å². The smallest absolute Gasteiger partial charge is 0.224 e. The number of rotatable bonds is 6. The number of hydrogen-bond acceptors (Lipinski definition) is 5. The third-order valence-electron chi connectivity index (χ3n) is 4.78. The molecule has 1 aromatic heterocycles. The summed E-state index contributed by atoms with van der Waals surface area (Å²) in [6.07, 6.45) is 1.11. The predicted octanol–water partition coefficient (Wildman–Crippen LogP) is 3.11.